The minimum Gasteiger partial charge on any atom is -0.325 e. The van der Waals surface area contributed by atoms with Crippen LogP contribution in [-0.2, 0) is 14.8 Å². The molecule has 0 atom stereocenters. The highest BCUT2D eigenvalue weighted by molar-refractivity contribution is 7.91. The molecule has 9 heteroatoms. The molecule has 2 heterocycles. The van der Waals surface area contributed by atoms with Crippen molar-refractivity contribution in [2.45, 2.75) is 11.1 Å². The monoisotopic (exact) mass is 393 g/mol. The van der Waals surface area contributed by atoms with Gasteiger partial charge in [-0.2, -0.15) is 0 Å². The van der Waals surface area contributed by atoms with Gasteiger partial charge in [0.1, 0.15) is 4.21 Å². The maximum absolute atomic E-state index is 12.0. The van der Waals surface area contributed by atoms with E-state index in [1.54, 1.807) is 34.9 Å². The lowest BCUT2D eigenvalue weighted by Crippen LogP contribution is -2.32. The van der Waals surface area contributed by atoms with Crippen LogP contribution in [0.3, 0.4) is 0 Å². The zero-order valence-electron chi connectivity index (χ0n) is 13.2. The zero-order chi connectivity index (χ0) is 17.9. The second-order valence-electron chi connectivity index (χ2n) is 5.14. The van der Waals surface area contributed by atoms with Gasteiger partial charge in [-0.05, 0) is 30.5 Å². The van der Waals surface area contributed by atoms with E-state index in [2.05, 4.69) is 15.0 Å². The van der Waals surface area contributed by atoms with E-state index in [0.29, 0.717) is 5.69 Å². The number of nitrogens with one attached hydrogen (secondary N) is 2. The summed E-state index contributed by atoms with van der Waals surface area (Å²) < 4.78 is 26.5. The van der Waals surface area contributed by atoms with E-state index in [4.69, 9.17) is 0 Å². The number of thiazole rings is 1. The van der Waals surface area contributed by atoms with E-state index in [0.717, 1.165) is 27.6 Å². The zero-order valence-corrected chi connectivity index (χ0v) is 15.7. The van der Waals surface area contributed by atoms with Crippen LogP contribution in [0.25, 0.3) is 11.3 Å². The van der Waals surface area contributed by atoms with Crippen molar-refractivity contribution < 1.29 is 13.2 Å². The van der Waals surface area contributed by atoms with Crippen LogP contribution in [0.2, 0.25) is 0 Å². The van der Waals surface area contributed by atoms with Gasteiger partial charge < -0.3 is 5.32 Å². The Bertz CT molecular complexity index is 979. The summed E-state index contributed by atoms with van der Waals surface area (Å²) in [7, 11) is -3.65. The van der Waals surface area contributed by atoms with Crippen molar-refractivity contribution in [1.29, 1.82) is 0 Å². The molecule has 0 aliphatic carbocycles. The fourth-order valence-electron chi connectivity index (χ4n) is 2.11. The van der Waals surface area contributed by atoms with Gasteiger partial charge in [-0.3, -0.25) is 4.79 Å². The van der Waals surface area contributed by atoms with Gasteiger partial charge in [0.05, 0.1) is 17.2 Å². The largest absolute Gasteiger partial charge is 0.325 e. The summed E-state index contributed by atoms with van der Waals surface area (Å²) in [6.45, 7) is 1.60. The Morgan fingerprint density at radius 3 is 2.72 bits per heavy atom. The molecule has 0 saturated carbocycles. The third-order valence-corrected chi connectivity index (χ3v) is 6.82. The molecule has 0 bridgehead atoms. The van der Waals surface area contributed by atoms with Crippen molar-refractivity contribution in [2.24, 2.45) is 0 Å². The number of amides is 1. The minimum absolute atomic E-state index is 0.182. The van der Waals surface area contributed by atoms with Crippen molar-refractivity contribution in [2.75, 3.05) is 11.9 Å². The van der Waals surface area contributed by atoms with Gasteiger partial charge in [0.15, 0.2) is 0 Å². The van der Waals surface area contributed by atoms with Crippen LogP contribution in [0.5, 0.6) is 0 Å². The number of aryl methyl sites for hydroxylation is 1. The average Bonchev–Trinajstić information content (AvgIpc) is 3.25. The molecule has 3 aromatic rings. The number of hydrogen-bond acceptors (Lipinski definition) is 6. The van der Waals surface area contributed by atoms with E-state index in [9.17, 15) is 13.2 Å². The molecular weight excluding hydrogens is 378 g/mol. The predicted octanol–water partition coefficient (Wildman–Crippen LogP) is 3.10. The molecule has 0 unspecified atom stereocenters. The van der Waals surface area contributed by atoms with E-state index in [1.165, 1.54) is 6.07 Å². The molecule has 0 saturated heterocycles. The Balaban J connectivity index is 1.63. The fourth-order valence-corrected chi connectivity index (χ4v) is 4.75. The first kappa shape index (κ1) is 17.7. The molecule has 2 aromatic heterocycles. The summed E-state index contributed by atoms with van der Waals surface area (Å²) in [5.41, 5.74) is 2.32. The van der Waals surface area contributed by atoms with Crippen LogP contribution in [0.4, 0.5) is 5.69 Å². The molecule has 1 amide bonds. The third kappa shape index (κ3) is 4.51. The van der Waals surface area contributed by atoms with E-state index in [1.807, 2.05) is 24.4 Å². The Labute approximate surface area is 153 Å². The van der Waals surface area contributed by atoms with E-state index in [-0.39, 0.29) is 10.8 Å². The molecule has 1 aromatic carbocycles. The number of anilines is 1. The highest BCUT2D eigenvalue weighted by Gasteiger charge is 2.16. The maximum atomic E-state index is 12.0. The summed E-state index contributed by atoms with van der Waals surface area (Å²) in [6.07, 6.45) is 0. The molecule has 6 nitrogen and oxygen atoms in total. The number of rotatable bonds is 6. The number of carbonyl (C=O) groups excluding carboxylic acids is 1. The molecule has 25 heavy (non-hydrogen) atoms. The molecule has 3 rings (SSSR count). The molecule has 2 N–H and O–H groups in total. The number of aromatic nitrogens is 1. The van der Waals surface area contributed by atoms with Gasteiger partial charge >= 0.3 is 0 Å². The van der Waals surface area contributed by atoms with Crippen molar-refractivity contribution >= 4 is 44.3 Å². The molecule has 0 aliphatic rings. The number of nitrogens with zero attached hydrogens (tertiary/aromatic N) is 1. The third-order valence-electron chi connectivity index (χ3n) is 3.24. The highest BCUT2D eigenvalue weighted by atomic mass is 32.2. The van der Waals surface area contributed by atoms with Crippen molar-refractivity contribution in [3.05, 3.63) is 52.2 Å². The SMILES string of the molecule is Cc1nc(-c2cccc(NC(=O)CNS(=O)(=O)c3cccs3)c2)cs1. The van der Waals surface area contributed by atoms with E-state index < -0.39 is 15.9 Å². The van der Waals surface area contributed by atoms with Crippen LogP contribution in [0, 0.1) is 6.92 Å². The number of benzene rings is 1. The molecule has 0 spiro atoms. The lowest BCUT2D eigenvalue weighted by atomic mass is 10.1. The van der Waals surface area contributed by atoms with Crippen LogP contribution >= 0.6 is 22.7 Å². The Morgan fingerprint density at radius 1 is 1.20 bits per heavy atom. The standard InChI is InChI=1S/C16H15N3O3S3/c1-11-18-14(10-24-11)12-4-2-5-13(8-12)19-15(20)9-17-25(21,22)16-6-3-7-23-16/h2-8,10,17H,9H2,1H3,(H,19,20). The van der Waals surface area contributed by atoms with Gasteiger partial charge in [0.2, 0.25) is 5.91 Å². The first-order valence-electron chi connectivity index (χ1n) is 7.30. The number of hydrogen-bond donors (Lipinski definition) is 2. The van der Waals surface area contributed by atoms with Gasteiger partial charge in [0.25, 0.3) is 10.0 Å². The smallest absolute Gasteiger partial charge is 0.250 e. The summed E-state index contributed by atoms with van der Waals surface area (Å²) >= 11 is 2.65. The summed E-state index contributed by atoms with van der Waals surface area (Å²) in [6, 6.07) is 10.4. The molecule has 0 fully saturated rings. The van der Waals surface area contributed by atoms with Crippen LogP contribution < -0.4 is 10.0 Å². The Kier molecular flexibility index (Phi) is 5.28. The first-order chi connectivity index (χ1) is 11.9. The van der Waals surface area contributed by atoms with Gasteiger partial charge in [-0.15, -0.1) is 22.7 Å². The van der Waals surface area contributed by atoms with Crippen molar-refractivity contribution in [3.8, 4) is 11.3 Å². The molecule has 0 aliphatic heterocycles. The molecule has 0 radical (unpaired) electrons. The molecular formula is C16H15N3O3S3. The maximum Gasteiger partial charge on any atom is 0.250 e. The number of thiophene rings is 1. The Morgan fingerprint density at radius 2 is 2.04 bits per heavy atom. The first-order valence-corrected chi connectivity index (χ1v) is 10.5. The summed E-state index contributed by atoms with van der Waals surface area (Å²) in [4.78, 5) is 16.4. The Hall–Kier alpha value is -2.07. The molecule has 130 valence electrons. The lowest BCUT2D eigenvalue weighted by Gasteiger charge is -2.08. The van der Waals surface area contributed by atoms with Crippen molar-refractivity contribution in [3.63, 3.8) is 0 Å². The predicted molar refractivity (Wildman–Crippen MR) is 100 cm³/mol. The lowest BCUT2D eigenvalue weighted by molar-refractivity contribution is -0.115. The fraction of sp³-hybridized carbons (Fsp3) is 0.125. The van der Waals surface area contributed by atoms with Crippen LogP contribution in [-0.4, -0.2) is 25.9 Å². The number of sulfonamides is 1. The van der Waals surface area contributed by atoms with Crippen LogP contribution in [0.1, 0.15) is 5.01 Å². The second-order valence-corrected chi connectivity index (χ2v) is 9.14. The summed E-state index contributed by atoms with van der Waals surface area (Å²) in [5.74, 6) is -0.438. The van der Waals surface area contributed by atoms with Gasteiger partial charge in [-0.1, -0.05) is 18.2 Å². The second kappa shape index (κ2) is 7.44. The minimum atomic E-state index is -3.65. The van der Waals surface area contributed by atoms with Gasteiger partial charge in [-0.25, -0.2) is 18.1 Å². The number of carbonyl (C=O) groups is 1. The quantitative estimate of drug-likeness (QED) is 0.674. The van der Waals surface area contributed by atoms with Crippen LogP contribution in [0.15, 0.2) is 51.4 Å². The van der Waals surface area contributed by atoms with Gasteiger partial charge in [0, 0.05) is 16.6 Å². The summed E-state index contributed by atoms with van der Waals surface area (Å²) in [5, 5.41) is 7.27. The topological polar surface area (TPSA) is 88.2 Å². The normalized spacial score (nSPS) is 11.4. The van der Waals surface area contributed by atoms with Crippen molar-refractivity contribution in [1.82, 2.24) is 9.71 Å². The van der Waals surface area contributed by atoms with E-state index >= 15 is 0 Å². The average molecular weight is 394 g/mol. The highest BCUT2D eigenvalue weighted by Crippen LogP contribution is 2.24.